The average Bonchev–Trinajstić information content (AvgIpc) is 3.40. The average molecular weight is 520 g/mol. The van der Waals surface area contributed by atoms with Gasteiger partial charge >= 0.3 is 0 Å². The lowest BCUT2D eigenvalue weighted by molar-refractivity contribution is -0.146. The van der Waals surface area contributed by atoms with Crippen LogP contribution in [0.5, 0.6) is 0 Å². The summed E-state index contributed by atoms with van der Waals surface area (Å²) < 4.78 is 45.1. The highest BCUT2D eigenvalue weighted by molar-refractivity contribution is 7.89. The minimum Gasteiger partial charge on any atom is -0.378 e. The number of hydrogen-bond acceptors (Lipinski definition) is 8. The third-order valence-corrected chi connectivity index (χ3v) is 7.97. The van der Waals surface area contributed by atoms with Crippen LogP contribution in [0.1, 0.15) is 12.0 Å². The topological polar surface area (TPSA) is 114 Å². The van der Waals surface area contributed by atoms with Gasteiger partial charge in [0.15, 0.2) is 5.37 Å². The molecule has 33 heavy (non-hydrogen) atoms. The monoisotopic (exact) mass is 519 g/mol. The quantitative estimate of drug-likeness (QED) is 0.494. The Morgan fingerprint density at radius 2 is 1.79 bits per heavy atom. The molecular weight excluding hydrogens is 494 g/mol. The SMILES string of the molecule is O=C([C@H](S)N1CC[C@H](NS(=O)(=O)CC2(c3ccc(Cl)cc3)OCCO2)C1=O)N1CCOCC1. The van der Waals surface area contributed by atoms with Crippen molar-refractivity contribution in [1.82, 2.24) is 14.5 Å². The number of hydrogen-bond donors (Lipinski definition) is 2. The predicted octanol–water partition coefficient (Wildman–Crippen LogP) is 0.175. The fourth-order valence-corrected chi connectivity index (χ4v) is 6.22. The number of sulfonamides is 1. The fourth-order valence-electron chi connectivity index (χ4n) is 4.13. The van der Waals surface area contributed by atoms with Gasteiger partial charge in [-0.15, -0.1) is 12.6 Å². The van der Waals surface area contributed by atoms with E-state index in [0.29, 0.717) is 36.9 Å². The summed E-state index contributed by atoms with van der Waals surface area (Å²) in [7, 11) is -4.01. The van der Waals surface area contributed by atoms with E-state index in [0.717, 1.165) is 0 Å². The van der Waals surface area contributed by atoms with Crippen LogP contribution in [-0.4, -0.2) is 93.3 Å². The first-order valence-corrected chi connectivity index (χ1v) is 13.1. The number of nitrogens with one attached hydrogen (secondary N) is 1. The van der Waals surface area contributed by atoms with Crippen molar-refractivity contribution in [3.05, 3.63) is 34.9 Å². The second-order valence-electron chi connectivity index (χ2n) is 8.02. The lowest BCUT2D eigenvalue weighted by Crippen LogP contribution is -2.52. The number of rotatable bonds is 7. The highest BCUT2D eigenvalue weighted by Crippen LogP contribution is 2.34. The van der Waals surface area contributed by atoms with E-state index in [1.165, 1.54) is 4.90 Å². The Kier molecular flexibility index (Phi) is 7.53. The van der Waals surface area contributed by atoms with Gasteiger partial charge in [0.05, 0.1) is 26.4 Å². The van der Waals surface area contributed by atoms with E-state index in [2.05, 4.69) is 17.4 Å². The van der Waals surface area contributed by atoms with Gasteiger partial charge in [0, 0.05) is 30.2 Å². The number of amides is 2. The standard InChI is InChI=1S/C20H26ClN3O7S2/c21-15-3-1-14(2-4-15)20(30-11-12-31-20)13-33(27,28)22-16-5-6-24(17(16)25)19(32)18(26)23-7-9-29-10-8-23/h1-4,16,19,22,32H,5-13H2/t16-,19-/m0/s1. The first kappa shape index (κ1) is 24.7. The molecule has 3 heterocycles. The molecule has 1 aromatic carbocycles. The predicted molar refractivity (Wildman–Crippen MR) is 122 cm³/mol. The van der Waals surface area contributed by atoms with Gasteiger partial charge in [0.2, 0.25) is 21.7 Å². The van der Waals surface area contributed by atoms with Crippen LogP contribution in [0.15, 0.2) is 24.3 Å². The maximum Gasteiger partial charge on any atom is 0.255 e. The van der Waals surface area contributed by atoms with Gasteiger partial charge in [-0.2, -0.15) is 0 Å². The number of nitrogens with zero attached hydrogens (tertiary/aromatic N) is 2. The van der Waals surface area contributed by atoms with E-state index in [1.807, 2.05) is 0 Å². The molecule has 3 aliphatic heterocycles. The molecule has 0 aliphatic carbocycles. The molecule has 3 aliphatic rings. The number of carbonyl (C=O) groups is 2. The normalized spacial score (nSPS) is 24.3. The zero-order valence-electron chi connectivity index (χ0n) is 17.8. The summed E-state index contributed by atoms with van der Waals surface area (Å²) in [5.74, 6) is -2.81. The fraction of sp³-hybridized carbons (Fsp3) is 0.600. The summed E-state index contributed by atoms with van der Waals surface area (Å²) in [4.78, 5) is 28.5. The highest BCUT2D eigenvalue weighted by atomic mass is 35.5. The molecule has 0 aromatic heterocycles. The van der Waals surface area contributed by atoms with E-state index in [9.17, 15) is 18.0 Å². The van der Waals surface area contributed by atoms with Crippen LogP contribution in [-0.2, 0) is 39.6 Å². The Labute approximate surface area is 202 Å². The second-order valence-corrected chi connectivity index (χ2v) is 10.7. The molecule has 3 saturated heterocycles. The van der Waals surface area contributed by atoms with Crippen LogP contribution >= 0.6 is 24.2 Å². The number of thiol groups is 1. The Morgan fingerprint density at radius 3 is 2.42 bits per heavy atom. The van der Waals surface area contributed by atoms with Crippen molar-refractivity contribution in [3.8, 4) is 0 Å². The lowest BCUT2D eigenvalue weighted by Gasteiger charge is -2.32. The van der Waals surface area contributed by atoms with Crippen molar-refractivity contribution in [2.75, 3.05) is 51.8 Å². The largest absolute Gasteiger partial charge is 0.378 e. The number of ether oxygens (including phenoxy) is 3. The summed E-state index contributed by atoms with van der Waals surface area (Å²) in [6.45, 7) is 2.41. The lowest BCUT2D eigenvalue weighted by atomic mass is 10.1. The molecule has 10 nitrogen and oxygen atoms in total. The first-order valence-electron chi connectivity index (χ1n) is 10.6. The molecule has 3 fully saturated rings. The first-order chi connectivity index (χ1) is 15.7. The zero-order chi connectivity index (χ0) is 23.6. The summed E-state index contributed by atoms with van der Waals surface area (Å²) >= 11 is 10.3. The molecule has 1 aromatic rings. The summed E-state index contributed by atoms with van der Waals surface area (Å²) in [6, 6.07) is 5.55. The van der Waals surface area contributed by atoms with E-state index in [4.69, 9.17) is 25.8 Å². The number of morpholine rings is 1. The van der Waals surface area contributed by atoms with E-state index >= 15 is 0 Å². The van der Waals surface area contributed by atoms with Crippen molar-refractivity contribution in [3.63, 3.8) is 0 Å². The van der Waals surface area contributed by atoms with Gasteiger partial charge in [-0.1, -0.05) is 23.7 Å². The molecule has 0 radical (unpaired) electrons. The van der Waals surface area contributed by atoms with Gasteiger partial charge in [-0.05, 0) is 18.6 Å². The van der Waals surface area contributed by atoms with Crippen LogP contribution in [0.2, 0.25) is 5.02 Å². The molecule has 4 rings (SSSR count). The van der Waals surface area contributed by atoms with Gasteiger partial charge in [0.1, 0.15) is 11.8 Å². The number of likely N-dealkylation sites (tertiary alicyclic amines) is 1. The van der Waals surface area contributed by atoms with Crippen LogP contribution in [0.25, 0.3) is 0 Å². The van der Waals surface area contributed by atoms with Crippen molar-refractivity contribution < 1.29 is 32.2 Å². The Bertz CT molecular complexity index is 980. The third kappa shape index (κ3) is 5.47. The van der Waals surface area contributed by atoms with Crippen molar-refractivity contribution >= 4 is 46.1 Å². The third-order valence-electron chi connectivity index (χ3n) is 5.82. The minimum absolute atomic E-state index is 0.214. The highest BCUT2D eigenvalue weighted by Gasteiger charge is 2.46. The van der Waals surface area contributed by atoms with Crippen molar-refractivity contribution in [2.45, 2.75) is 23.6 Å². The maximum absolute atomic E-state index is 13.0. The van der Waals surface area contributed by atoms with Crippen LogP contribution < -0.4 is 4.72 Å². The molecule has 182 valence electrons. The Morgan fingerprint density at radius 1 is 1.15 bits per heavy atom. The van der Waals surface area contributed by atoms with Crippen LogP contribution in [0.4, 0.5) is 0 Å². The van der Waals surface area contributed by atoms with E-state index < -0.39 is 38.9 Å². The Balaban J connectivity index is 1.42. The molecule has 0 unspecified atom stereocenters. The smallest absolute Gasteiger partial charge is 0.255 e. The maximum atomic E-state index is 13.0. The molecule has 0 spiro atoms. The van der Waals surface area contributed by atoms with Gasteiger partial charge < -0.3 is 24.0 Å². The number of benzene rings is 1. The van der Waals surface area contributed by atoms with Crippen molar-refractivity contribution in [1.29, 1.82) is 0 Å². The van der Waals surface area contributed by atoms with Crippen molar-refractivity contribution in [2.24, 2.45) is 0 Å². The summed E-state index contributed by atoms with van der Waals surface area (Å²) in [5, 5.41) is -0.482. The minimum atomic E-state index is -4.01. The summed E-state index contributed by atoms with van der Waals surface area (Å²) in [5.41, 5.74) is 0.515. The zero-order valence-corrected chi connectivity index (χ0v) is 20.3. The molecule has 0 bridgehead atoms. The van der Waals surface area contributed by atoms with E-state index in [-0.39, 0.29) is 32.1 Å². The van der Waals surface area contributed by atoms with E-state index in [1.54, 1.807) is 29.2 Å². The summed E-state index contributed by atoms with van der Waals surface area (Å²) in [6.07, 6.45) is 0.223. The number of halogens is 1. The molecule has 13 heteroatoms. The van der Waals surface area contributed by atoms with Gasteiger partial charge in [-0.3, -0.25) is 9.59 Å². The second kappa shape index (κ2) is 10.1. The molecule has 0 saturated carbocycles. The molecule has 1 N–H and O–H groups in total. The van der Waals surface area contributed by atoms with Crippen LogP contribution in [0, 0.1) is 0 Å². The van der Waals surface area contributed by atoms with Gasteiger partial charge in [0.25, 0.3) is 5.91 Å². The molecule has 2 amide bonds. The Hall–Kier alpha value is -1.41. The van der Waals surface area contributed by atoms with Crippen LogP contribution in [0.3, 0.4) is 0 Å². The molecule has 2 atom stereocenters. The number of carbonyl (C=O) groups excluding carboxylic acids is 2. The molecular formula is C20H26ClN3O7S2. The van der Waals surface area contributed by atoms with Gasteiger partial charge in [-0.25, -0.2) is 13.1 Å².